The molecule has 0 unspecified atom stereocenters. The number of aromatic nitrogens is 1. The van der Waals surface area contributed by atoms with Crippen molar-refractivity contribution in [3.05, 3.63) is 67.6 Å². The molecule has 0 radical (unpaired) electrons. The highest BCUT2D eigenvalue weighted by Gasteiger charge is 2.21. The quantitative estimate of drug-likeness (QED) is 0.610. The number of morpholine rings is 1. The normalized spacial score (nSPS) is 13.8. The predicted molar refractivity (Wildman–Crippen MR) is 104 cm³/mol. The van der Waals surface area contributed by atoms with Gasteiger partial charge in [-0.15, -0.1) is 0 Å². The summed E-state index contributed by atoms with van der Waals surface area (Å²) in [4.78, 5) is 49.8. The van der Waals surface area contributed by atoms with Crippen LogP contribution in [0.3, 0.4) is 0 Å². The number of pyridine rings is 1. The van der Waals surface area contributed by atoms with E-state index >= 15 is 0 Å². The number of rotatable bonds is 4. The van der Waals surface area contributed by atoms with Gasteiger partial charge in [0.05, 0.1) is 23.7 Å². The Morgan fingerprint density at radius 2 is 1.86 bits per heavy atom. The van der Waals surface area contributed by atoms with Gasteiger partial charge in [-0.2, -0.15) is 0 Å². The Balaban J connectivity index is 1.89. The molecule has 1 aliphatic heterocycles. The van der Waals surface area contributed by atoms with Gasteiger partial charge in [0.15, 0.2) is 0 Å². The standard InChI is InChI=1S/C19H20N4O6/c1-12-3-4-13(10-16(12)23(27)28)17(24)20-15-9-14(11-21(2)19(15)26)18(25)22-5-7-29-8-6-22/h3-4,9-11H,5-8H2,1-2H3,(H,20,24). The second kappa shape index (κ2) is 8.23. The Hall–Kier alpha value is -3.53. The second-order valence-electron chi connectivity index (χ2n) is 6.68. The average molecular weight is 400 g/mol. The molecular formula is C19H20N4O6. The molecule has 0 atom stereocenters. The van der Waals surface area contributed by atoms with Crippen molar-refractivity contribution in [2.75, 3.05) is 31.6 Å². The maximum atomic E-state index is 12.7. The summed E-state index contributed by atoms with van der Waals surface area (Å²) in [7, 11) is 1.48. The van der Waals surface area contributed by atoms with Crippen LogP contribution < -0.4 is 10.9 Å². The lowest BCUT2D eigenvalue weighted by molar-refractivity contribution is -0.385. The van der Waals surface area contributed by atoms with Crippen LogP contribution in [0, 0.1) is 17.0 Å². The van der Waals surface area contributed by atoms with E-state index in [0.29, 0.717) is 31.9 Å². The van der Waals surface area contributed by atoms with E-state index in [-0.39, 0.29) is 28.4 Å². The number of nitrogens with zero attached hydrogens (tertiary/aromatic N) is 3. The van der Waals surface area contributed by atoms with Crippen molar-refractivity contribution >= 4 is 23.2 Å². The van der Waals surface area contributed by atoms with Crippen molar-refractivity contribution in [1.82, 2.24) is 9.47 Å². The summed E-state index contributed by atoms with van der Waals surface area (Å²) < 4.78 is 6.44. The zero-order valence-corrected chi connectivity index (χ0v) is 16.0. The molecule has 2 heterocycles. The summed E-state index contributed by atoms with van der Waals surface area (Å²) in [6.45, 7) is 3.32. The Morgan fingerprint density at radius 3 is 2.52 bits per heavy atom. The highest BCUT2D eigenvalue weighted by Crippen LogP contribution is 2.20. The first-order valence-corrected chi connectivity index (χ1v) is 8.92. The number of amides is 2. The average Bonchev–Trinajstić information content (AvgIpc) is 2.71. The number of hydrogen-bond donors (Lipinski definition) is 1. The number of carbonyl (C=O) groups is 2. The topological polar surface area (TPSA) is 124 Å². The van der Waals surface area contributed by atoms with Gasteiger partial charge in [0.1, 0.15) is 5.69 Å². The van der Waals surface area contributed by atoms with Crippen molar-refractivity contribution in [1.29, 1.82) is 0 Å². The summed E-state index contributed by atoms with van der Waals surface area (Å²) in [5.74, 6) is -0.952. The van der Waals surface area contributed by atoms with Crippen LogP contribution in [0.4, 0.5) is 11.4 Å². The highest BCUT2D eigenvalue weighted by atomic mass is 16.6. The second-order valence-corrected chi connectivity index (χ2v) is 6.68. The van der Waals surface area contributed by atoms with Crippen molar-refractivity contribution in [3.8, 4) is 0 Å². The van der Waals surface area contributed by atoms with Crippen LogP contribution in [-0.4, -0.2) is 52.5 Å². The minimum absolute atomic E-state index is 0.0364. The largest absolute Gasteiger partial charge is 0.378 e. The Morgan fingerprint density at radius 1 is 1.17 bits per heavy atom. The Labute approximate surface area is 165 Å². The number of nitro benzene ring substituents is 1. The zero-order chi connectivity index (χ0) is 21.1. The van der Waals surface area contributed by atoms with Crippen LogP contribution in [0.2, 0.25) is 0 Å². The summed E-state index contributed by atoms with van der Waals surface area (Å²) in [5.41, 5.74) is -0.0749. The van der Waals surface area contributed by atoms with Crippen LogP contribution in [0.5, 0.6) is 0 Å². The molecule has 3 rings (SSSR count). The Bertz CT molecular complexity index is 1040. The van der Waals surface area contributed by atoms with E-state index in [2.05, 4.69) is 5.32 Å². The monoisotopic (exact) mass is 400 g/mol. The van der Waals surface area contributed by atoms with E-state index in [1.807, 2.05) is 0 Å². The highest BCUT2D eigenvalue weighted by molar-refractivity contribution is 6.05. The molecule has 1 fully saturated rings. The number of nitrogens with one attached hydrogen (secondary N) is 1. The first-order chi connectivity index (χ1) is 13.8. The number of hydrogen-bond acceptors (Lipinski definition) is 6. The predicted octanol–water partition coefficient (Wildman–Crippen LogP) is 1.33. The number of aryl methyl sites for hydroxylation is 2. The third-order valence-corrected chi connectivity index (χ3v) is 4.64. The summed E-state index contributed by atoms with van der Waals surface area (Å²) >= 11 is 0. The third kappa shape index (κ3) is 4.32. The van der Waals surface area contributed by atoms with Crippen LogP contribution in [0.25, 0.3) is 0 Å². The molecule has 1 aliphatic rings. The summed E-state index contributed by atoms with van der Waals surface area (Å²) in [6.07, 6.45) is 1.41. The smallest absolute Gasteiger partial charge is 0.274 e. The van der Waals surface area contributed by atoms with Gasteiger partial charge >= 0.3 is 0 Å². The SMILES string of the molecule is Cc1ccc(C(=O)Nc2cc(C(=O)N3CCOCC3)cn(C)c2=O)cc1[N+](=O)[O-]. The fourth-order valence-electron chi connectivity index (χ4n) is 3.01. The maximum absolute atomic E-state index is 12.7. The van der Waals surface area contributed by atoms with Crippen LogP contribution in [-0.2, 0) is 11.8 Å². The van der Waals surface area contributed by atoms with Gasteiger partial charge in [0, 0.05) is 43.5 Å². The molecule has 1 aromatic heterocycles. The number of benzene rings is 1. The number of carbonyl (C=O) groups excluding carboxylic acids is 2. The first-order valence-electron chi connectivity index (χ1n) is 8.92. The van der Waals surface area contributed by atoms with Gasteiger partial charge < -0.3 is 19.5 Å². The maximum Gasteiger partial charge on any atom is 0.274 e. The molecule has 10 heteroatoms. The summed E-state index contributed by atoms with van der Waals surface area (Å²) in [6, 6.07) is 5.37. The minimum Gasteiger partial charge on any atom is -0.378 e. The molecule has 1 aromatic carbocycles. The molecule has 1 N–H and O–H groups in total. The lowest BCUT2D eigenvalue weighted by atomic mass is 10.1. The molecule has 2 amide bonds. The number of ether oxygens (including phenoxy) is 1. The Kier molecular flexibility index (Phi) is 5.74. The van der Waals surface area contributed by atoms with E-state index in [1.165, 1.54) is 36.0 Å². The van der Waals surface area contributed by atoms with Gasteiger partial charge in [0.25, 0.3) is 23.1 Å². The number of anilines is 1. The van der Waals surface area contributed by atoms with Crippen molar-refractivity contribution in [2.24, 2.45) is 7.05 Å². The minimum atomic E-state index is -0.679. The molecule has 0 bridgehead atoms. The molecule has 29 heavy (non-hydrogen) atoms. The van der Waals surface area contributed by atoms with Crippen molar-refractivity contribution in [2.45, 2.75) is 6.92 Å². The van der Waals surface area contributed by atoms with Gasteiger partial charge in [-0.3, -0.25) is 24.5 Å². The van der Waals surface area contributed by atoms with E-state index < -0.39 is 16.4 Å². The molecule has 10 nitrogen and oxygen atoms in total. The van der Waals surface area contributed by atoms with E-state index in [9.17, 15) is 24.5 Å². The van der Waals surface area contributed by atoms with Crippen molar-refractivity contribution < 1.29 is 19.2 Å². The lowest BCUT2D eigenvalue weighted by Crippen LogP contribution is -2.41. The van der Waals surface area contributed by atoms with Gasteiger partial charge in [-0.1, -0.05) is 6.07 Å². The number of nitro groups is 1. The molecule has 0 spiro atoms. The zero-order valence-electron chi connectivity index (χ0n) is 16.0. The van der Waals surface area contributed by atoms with Gasteiger partial charge in [0.2, 0.25) is 0 Å². The molecule has 2 aromatic rings. The van der Waals surface area contributed by atoms with E-state index in [1.54, 1.807) is 11.8 Å². The van der Waals surface area contributed by atoms with Crippen LogP contribution in [0.1, 0.15) is 26.3 Å². The van der Waals surface area contributed by atoms with Gasteiger partial charge in [-0.25, -0.2) is 0 Å². The molecule has 1 saturated heterocycles. The van der Waals surface area contributed by atoms with E-state index in [4.69, 9.17) is 4.74 Å². The first kappa shape index (κ1) is 20.2. The molecule has 0 saturated carbocycles. The third-order valence-electron chi connectivity index (χ3n) is 4.64. The molecule has 152 valence electrons. The van der Waals surface area contributed by atoms with Crippen LogP contribution in [0.15, 0.2) is 35.3 Å². The summed E-state index contributed by atoms with van der Waals surface area (Å²) in [5, 5.41) is 13.6. The fraction of sp³-hybridized carbons (Fsp3) is 0.316. The van der Waals surface area contributed by atoms with Crippen molar-refractivity contribution in [3.63, 3.8) is 0 Å². The van der Waals surface area contributed by atoms with Gasteiger partial charge in [-0.05, 0) is 19.1 Å². The van der Waals surface area contributed by atoms with Crippen LogP contribution >= 0.6 is 0 Å². The molecule has 0 aliphatic carbocycles. The van der Waals surface area contributed by atoms with E-state index in [0.717, 1.165) is 6.07 Å². The fourth-order valence-corrected chi connectivity index (χ4v) is 3.01. The molecular weight excluding hydrogens is 380 g/mol. The lowest BCUT2D eigenvalue weighted by Gasteiger charge is -2.27.